The van der Waals surface area contributed by atoms with Crippen LogP contribution in [0.1, 0.15) is 0 Å². The summed E-state index contributed by atoms with van der Waals surface area (Å²) in [6, 6.07) is 15.0. The quantitative estimate of drug-likeness (QED) is 0.565. The molecule has 1 aromatic carbocycles. The van der Waals surface area contributed by atoms with Crippen LogP contribution in [-0.4, -0.2) is 37.8 Å². The second-order valence-electron chi connectivity index (χ2n) is 5.88. The summed E-state index contributed by atoms with van der Waals surface area (Å²) in [7, 11) is 1.64. The Morgan fingerprint density at radius 1 is 1.11 bits per heavy atom. The number of hydrogen-bond acceptors (Lipinski definition) is 6. The van der Waals surface area contributed by atoms with E-state index >= 15 is 0 Å². The second kappa shape index (κ2) is 7.28. The first-order chi connectivity index (χ1) is 13.2. The zero-order chi connectivity index (χ0) is 18.6. The van der Waals surface area contributed by atoms with Gasteiger partial charge in [0.25, 0.3) is 0 Å². The van der Waals surface area contributed by atoms with Crippen molar-refractivity contribution in [3.63, 3.8) is 0 Å². The highest BCUT2D eigenvalue weighted by Crippen LogP contribution is 2.21. The summed E-state index contributed by atoms with van der Waals surface area (Å²) in [4.78, 5) is 20.8. The first-order valence-corrected chi connectivity index (χ1v) is 8.49. The molecule has 136 valence electrons. The topological polar surface area (TPSA) is 86.3 Å². The molecule has 0 spiro atoms. The van der Waals surface area contributed by atoms with Crippen LogP contribution in [-0.2, 0) is 6.54 Å². The van der Waals surface area contributed by atoms with E-state index in [0.717, 1.165) is 17.0 Å². The number of pyridine rings is 1. The molecule has 4 aromatic rings. The molecule has 0 fully saturated rings. The van der Waals surface area contributed by atoms with E-state index in [0.29, 0.717) is 24.6 Å². The minimum absolute atomic E-state index is 0.158. The molecule has 0 atom stereocenters. The van der Waals surface area contributed by atoms with Gasteiger partial charge in [-0.15, -0.1) is 5.10 Å². The van der Waals surface area contributed by atoms with E-state index in [2.05, 4.69) is 20.4 Å². The molecule has 0 aliphatic carbocycles. The predicted molar refractivity (Wildman–Crippen MR) is 102 cm³/mol. The van der Waals surface area contributed by atoms with E-state index in [9.17, 15) is 4.79 Å². The number of nitrogens with zero attached hydrogens (tertiary/aromatic N) is 5. The number of rotatable bonds is 6. The average Bonchev–Trinajstić information content (AvgIpc) is 3.04. The lowest BCUT2D eigenvalue weighted by molar-refractivity contribution is 0.415. The van der Waals surface area contributed by atoms with E-state index in [1.54, 1.807) is 25.4 Å². The lowest BCUT2D eigenvalue weighted by Crippen LogP contribution is -2.24. The van der Waals surface area contributed by atoms with Crippen LogP contribution in [0, 0.1) is 0 Å². The van der Waals surface area contributed by atoms with Crippen molar-refractivity contribution < 1.29 is 4.74 Å². The van der Waals surface area contributed by atoms with Crippen LogP contribution in [0.15, 0.2) is 65.8 Å². The van der Waals surface area contributed by atoms with Gasteiger partial charge in [-0.3, -0.25) is 4.40 Å². The third-order valence-corrected chi connectivity index (χ3v) is 4.17. The summed E-state index contributed by atoms with van der Waals surface area (Å²) in [6.07, 6.45) is 3.22. The van der Waals surface area contributed by atoms with E-state index in [-0.39, 0.29) is 5.69 Å². The molecule has 1 N–H and O–H groups in total. The number of anilines is 1. The molecule has 0 radical (unpaired) electrons. The number of fused-ring (bicyclic) bond motifs is 1. The van der Waals surface area contributed by atoms with Crippen molar-refractivity contribution in [1.82, 2.24) is 24.1 Å². The molecular weight excluding hydrogens is 344 g/mol. The van der Waals surface area contributed by atoms with Crippen molar-refractivity contribution in [3.8, 4) is 17.0 Å². The summed E-state index contributed by atoms with van der Waals surface area (Å²) >= 11 is 0. The molecular formula is C19H18N6O2. The predicted octanol–water partition coefficient (Wildman–Crippen LogP) is 2.07. The monoisotopic (exact) mass is 362 g/mol. The minimum Gasteiger partial charge on any atom is -0.497 e. The van der Waals surface area contributed by atoms with Crippen molar-refractivity contribution in [3.05, 3.63) is 71.5 Å². The highest BCUT2D eigenvalue weighted by molar-refractivity contribution is 5.62. The van der Waals surface area contributed by atoms with Gasteiger partial charge in [-0.25, -0.2) is 19.4 Å². The Balaban J connectivity index is 1.45. The first-order valence-electron chi connectivity index (χ1n) is 8.49. The third-order valence-electron chi connectivity index (χ3n) is 4.17. The Morgan fingerprint density at radius 3 is 2.74 bits per heavy atom. The Labute approximate surface area is 155 Å². The maximum Gasteiger partial charge on any atom is 0.350 e. The molecule has 0 bridgehead atoms. The van der Waals surface area contributed by atoms with Gasteiger partial charge >= 0.3 is 5.69 Å². The molecule has 27 heavy (non-hydrogen) atoms. The summed E-state index contributed by atoms with van der Waals surface area (Å²) in [5, 5.41) is 7.52. The Kier molecular flexibility index (Phi) is 4.52. The number of nitrogens with one attached hydrogen (secondary N) is 1. The molecule has 0 aliphatic rings. The maximum atomic E-state index is 12.3. The lowest BCUT2D eigenvalue weighted by Gasteiger charge is -2.07. The average molecular weight is 362 g/mol. The second-order valence-corrected chi connectivity index (χ2v) is 5.88. The summed E-state index contributed by atoms with van der Waals surface area (Å²) < 4.78 is 8.13. The SMILES string of the molecule is COc1ccc(-c2cc(NCCn3nc4ccccn4c3=O)ncn2)cc1. The van der Waals surface area contributed by atoms with Gasteiger partial charge in [0.1, 0.15) is 17.9 Å². The highest BCUT2D eigenvalue weighted by Gasteiger charge is 2.06. The van der Waals surface area contributed by atoms with Crippen LogP contribution in [0.2, 0.25) is 0 Å². The van der Waals surface area contributed by atoms with Crippen LogP contribution in [0.3, 0.4) is 0 Å². The van der Waals surface area contributed by atoms with Gasteiger partial charge in [-0.2, -0.15) is 0 Å². The molecule has 0 saturated heterocycles. The Morgan fingerprint density at radius 2 is 1.96 bits per heavy atom. The van der Waals surface area contributed by atoms with Gasteiger partial charge in [0.15, 0.2) is 5.65 Å². The molecule has 0 saturated carbocycles. The molecule has 0 amide bonds. The van der Waals surface area contributed by atoms with Crippen molar-refractivity contribution in [1.29, 1.82) is 0 Å². The molecule has 3 aromatic heterocycles. The number of methoxy groups -OCH3 is 1. The molecule has 0 unspecified atom stereocenters. The fraction of sp³-hybridized carbons (Fsp3) is 0.158. The van der Waals surface area contributed by atoms with Gasteiger partial charge in [0.2, 0.25) is 0 Å². The molecule has 0 aliphatic heterocycles. The molecule has 3 heterocycles. The number of benzene rings is 1. The zero-order valence-electron chi connectivity index (χ0n) is 14.7. The van der Waals surface area contributed by atoms with Gasteiger partial charge in [0, 0.05) is 24.4 Å². The molecule has 4 rings (SSSR count). The lowest BCUT2D eigenvalue weighted by atomic mass is 10.1. The van der Waals surface area contributed by atoms with Crippen molar-refractivity contribution >= 4 is 11.5 Å². The van der Waals surface area contributed by atoms with E-state index in [1.165, 1.54) is 15.4 Å². The minimum atomic E-state index is -0.158. The van der Waals surface area contributed by atoms with Gasteiger partial charge in [-0.05, 0) is 36.4 Å². The standard InChI is InChI=1S/C19H18N6O2/c1-27-15-7-5-14(6-8-15)16-12-17(22-13-21-16)20-9-11-25-19(26)24-10-3-2-4-18(24)23-25/h2-8,10,12-13H,9,11H2,1H3,(H,20,21,22). The maximum absolute atomic E-state index is 12.3. The number of aromatic nitrogens is 5. The van der Waals surface area contributed by atoms with Gasteiger partial charge < -0.3 is 10.1 Å². The molecule has 8 nitrogen and oxygen atoms in total. The fourth-order valence-electron chi connectivity index (χ4n) is 2.78. The van der Waals surface area contributed by atoms with Crippen LogP contribution >= 0.6 is 0 Å². The molecule has 8 heteroatoms. The Hall–Kier alpha value is -3.68. The van der Waals surface area contributed by atoms with Crippen molar-refractivity contribution in [2.75, 3.05) is 19.0 Å². The summed E-state index contributed by atoms with van der Waals surface area (Å²) in [5.74, 6) is 1.48. The highest BCUT2D eigenvalue weighted by atomic mass is 16.5. The van der Waals surface area contributed by atoms with Crippen molar-refractivity contribution in [2.24, 2.45) is 0 Å². The van der Waals surface area contributed by atoms with Crippen LogP contribution in [0.4, 0.5) is 5.82 Å². The third kappa shape index (κ3) is 3.50. The van der Waals surface area contributed by atoms with Gasteiger partial charge in [-0.1, -0.05) is 6.07 Å². The van der Waals surface area contributed by atoms with Crippen molar-refractivity contribution in [2.45, 2.75) is 6.54 Å². The summed E-state index contributed by atoms with van der Waals surface area (Å²) in [5.41, 5.74) is 2.25. The number of ether oxygens (including phenoxy) is 1. The van der Waals surface area contributed by atoms with Gasteiger partial charge in [0.05, 0.1) is 19.3 Å². The number of hydrogen-bond donors (Lipinski definition) is 1. The van der Waals surface area contributed by atoms with Crippen LogP contribution < -0.4 is 15.7 Å². The smallest absolute Gasteiger partial charge is 0.350 e. The van der Waals surface area contributed by atoms with E-state index in [4.69, 9.17) is 4.74 Å². The Bertz CT molecular complexity index is 1120. The van der Waals surface area contributed by atoms with Crippen LogP contribution in [0.5, 0.6) is 5.75 Å². The normalized spacial score (nSPS) is 10.9. The van der Waals surface area contributed by atoms with Crippen LogP contribution in [0.25, 0.3) is 16.9 Å². The zero-order valence-corrected chi connectivity index (χ0v) is 14.7. The fourth-order valence-corrected chi connectivity index (χ4v) is 2.78. The summed E-state index contributed by atoms with van der Waals surface area (Å²) in [6.45, 7) is 0.950. The van der Waals surface area contributed by atoms with E-state index in [1.807, 2.05) is 36.4 Å². The van der Waals surface area contributed by atoms with E-state index < -0.39 is 0 Å². The largest absolute Gasteiger partial charge is 0.497 e. The first kappa shape index (κ1) is 16.8.